The van der Waals surface area contributed by atoms with E-state index in [0.29, 0.717) is 5.56 Å². The third-order valence-corrected chi connectivity index (χ3v) is 2.15. The van der Waals surface area contributed by atoms with E-state index in [1.54, 1.807) is 0 Å². The fourth-order valence-corrected chi connectivity index (χ4v) is 1.29. The molecule has 0 spiro atoms. The second kappa shape index (κ2) is 4.51. The summed E-state index contributed by atoms with van der Waals surface area (Å²) in [5.41, 5.74) is -0.459. The predicted molar refractivity (Wildman–Crippen MR) is 51.6 cm³/mol. The van der Waals surface area contributed by atoms with E-state index in [1.807, 2.05) is 0 Å². The van der Waals surface area contributed by atoms with Crippen LogP contribution in [0.4, 0.5) is 13.2 Å². The molecular weight excluding hydrogens is 223 g/mol. The normalized spacial score (nSPS) is 13.5. The van der Waals surface area contributed by atoms with Gasteiger partial charge in [0.25, 0.3) is 0 Å². The Balaban J connectivity index is 2.87. The van der Waals surface area contributed by atoms with Crippen molar-refractivity contribution in [3.63, 3.8) is 0 Å². The lowest BCUT2D eigenvalue weighted by Gasteiger charge is -2.09. The molecule has 0 aromatic heterocycles. The Morgan fingerprint density at radius 1 is 1.44 bits per heavy atom. The Bertz CT molecular complexity index is 390. The SMILES string of the molecule is CC(Cc1cccc(C(F)(F)F)c1)[N+](=O)[O-]. The summed E-state index contributed by atoms with van der Waals surface area (Å²) in [5.74, 6) is 0. The van der Waals surface area contributed by atoms with Gasteiger partial charge in [0.1, 0.15) is 0 Å². The first-order valence-electron chi connectivity index (χ1n) is 4.60. The van der Waals surface area contributed by atoms with E-state index in [9.17, 15) is 23.3 Å². The van der Waals surface area contributed by atoms with E-state index >= 15 is 0 Å². The van der Waals surface area contributed by atoms with Gasteiger partial charge in [-0.15, -0.1) is 0 Å². The van der Waals surface area contributed by atoms with Crippen molar-refractivity contribution >= 4 is 0 Å². The molecule has 1 unspecified atom stereocenters. The zero-order chi connectivity index (χ0) is 12.3. The highest BCUT2D eigenvalue weighted by Crippen LogP contribution is 2.29. The van der Waals surface area contributed by atoms with Gasteiger partial charge in [-0.25, -0.2) is 0 Å². The van der Waals surface area contributed by atoms with Crippen LogP contribution in [0, 0.1) is 10.1 Å². The van der Waals surface area contributed by atoms with Crippen LogP contribution in [0.5, 0.6) is 0 Å². The van der Waals surface area contributed by atoms with Crippen LogP contribution in [0.15, 0.2) is 24.3 Å². The molecule has 88 valence electrons. The molecule has 0 aliphatic carbocycles. The van der Waals surface area contributed by atoms with Gasteiger partial charge < -0.3 is 0 Å². The van der Waals surface area contributed by atoms with Crippen molar-refractivity contribution in [3.05, 3.63) is 45.5 Å². The van der Waals surface area contributed by atoms with Crippen LogP contribution < -0.4 is 0 Å². The van der Waals surface area contributed by atoms with Crippen LogP contribution in [0.2, 0.25) is 0 Å². The van der Waals surface area contributed by atoms with Crippen LogP contribution in [0.25, 0.3) is 0 Å². The van der Waals surface area contributed by atoms with Crippen LogP contribution in [-0.4, -0.2) is 11.0 Å². The molecule has 0 fully saturated rings. The van der Waals surface area contributed by atoms with Crippen molar-refractivity contribution in [1.29, 1.82) is 0 Å². The third kappa shape index (κ3) is 3.22. The monoisotopic (exact) mass is 233 g/mol. The maximum atomic E-state index is 12.3. The summed E-state index contributed by atoms with van der Waals surface area (Å²) in [4.78, 5) is 9.86. The van der Waals surface area contributed by atoms with Crippen LogP contribution >= 0.6 is 0 Å². The van der Waals surface area contributed by atoms with Gasteiger partial charge in [0.05, 0.1) is 5.56 Å². The lowest BCUT2D eigenvalue weighted by molar-refractivity contribution is -0.517. The molecule has 3 nitrogen and oxygen atoms in total. The molecule has 0 amide bonds. The van der Waals surface area contributed by atoms with Gasteiger partial charge in [-0.1, -0.05) is 18.2 Å². The Labute approximate surface area is 90.0 Å². The zero-order valence-corrected chi connectivity index (χ0v) is 8.49. The minimum absolute atomic E-state index is 0.00306. The number of benzene rings is 1. The smallest absolute Gasteiger partial charge is 0.264 e. The molecule has 0 N–H and O–H groups in total. The van der Waals surface area contributed by atoms with Crippen molar-refractivity contribution in [2.45, 2.75) is 25.6 Å². The summed E-state index contributed by atoms with van der Waals surface area (Å²) in [6, 6.07) is 3.71. The molecule has 16 heavy (non-hydrogen) atoms. The Morgan fingerprint density at radius 2 is 2.06 bits per heavy atom. The number of nitro groups is 1. The summed E-state index contributed by atoms with van der Waals surface area (Å²) >= 11 is 0. The number of hydrogen-bond donors (Lipinski definition) is 0. The highest BCUT2D eigenvalue weighted by atomic mass is 19.4. The van der Waals surface area contributed by atoms with Gasteiger partial charge in [0.2, 0.25) is 6.04 Å². The summed E-state index contributed by atoms with van der Waals surface area (Å²) in [5, 5.41) is 10.4. The molecule has 1 aromatic carbocycles. The maximum absolute atomic E-state index is 12.3. The predicted octanol–water partition coefficient (Wildman–Crippen LogP) is 2.91. The number of nitrogens with zero attached hydrogens (tertiary/aromatic N) is 1. The minimum atomic E-state index is -4.41. The average Bonchev–Trinajstić information content (AvgIpc) is 2.16. The van der Waals surface area contributed by atoms with Gasteiger partial charge in [-0.2, -0.15) is 13.2 Å². The maximum Gasteiger partial charge on any atom is 0.416 e. The second-order valence-electron chi connectivity index (χ2n) is 3.54. The first-order valence-corrected chi connectivity index (χ1v) is 4.60. The lowest BCUT2D eigenvalue weighted by atomic mass is 10.0. The summed E-state index contributed by atoms with van der Waals surface area (Å²) in [6.07, 6.45) is -4.41. The van der Waals surface area contributed by atoms with Gasteiger partial charge in [-0.3, -0.25) is 10.1 Å². The molecular formula is C10H10F3NO2. The highest BCUT2D eigenvalue weighted by molar-refractivity contribution is 5.26. The lowest BCUT2D eigenvalue weighted by Crippen LogP contribution is -2.18. The van der Waals surface area contributed by atoms with E-state index in [0.717, 1.165) is 12.1 Å². The summed E-state index contributed by atoms with van der Waals surface area (Å²) < 4.78 is 37.0. The molecule has 0 saturated heterocycles. The van der Waals surface area contributed by atoms with Crippen molar-refractivity contribution in [3.8, 4) is 0 Å². The summed E-state index contributed by atoms with van der Waals surface area (Å²) in [6.45, 7) is 1.36. The molecule has 0 aliphatic rings. The largest absolute Gasteiger partial charge is 0.416 e. The summed E-state index contributed by atoms with van der Waals surface area (Å²) in [7, 11) is 0. The van der Waals surface area contributed by atoms with Crippen LogP contribution in [0.1, 0.15) is 18.1 Å². The second-order valence-corrected chi connectivity index (χ2v) is 3.54. The van der Waals surface area contributed by atoms with E-state index in [1.165, 1.54) is 19.1 Å². The number of hydrogen-bond acceptors (Lipinski definition) is 2. The average molecular weight is 233 g/mol. The zero-order valence-electron chi connectivity index (χ0n) is 8.49. The number of halogens is 3. The molecule has 1 rings (SSSR count). The minimum Gasteiger partial charge on any atom is -0.264 e. The Kier molecular flexibility index (Phi) is 3.51. The topological polar surface area (TPSA) is 43.1 Å². The van der Waals surface area contributed by atoms with Crippen molar-refractivity contribution in [2.24, 2.45) is 0 Å². The van der Waals surface area contributed by atoms with E-state index in [-0.39, 0.29) is 6.42 Å². The third-order valence-electron chi connectivity index (χ3n) is 2.15. The van der Waals surface area contributed by atoms with Gasteiger partial charge in [0, 0.05) is 18.3 Å². The van der Waals surface area contributed by atoms with E-state index in [2.05, 4.69) is 0 Å². The van der Waals surface area contributed by atoms with Gasteiger partial charge >= 0.3 is 6.18 Å². The fourth-order valence-electron chi connectivity index (χ4n) is 1.29. The standard InChI is InChI=1S/C10H10F3NO2/c1-7(14(15)16)5-8-3-2-4-9(6-8)10(11,12)13/h2-4,6-7H,5H2,1H3. The van der Waals surface area contributed by atoms with Crippen LogP contribution in [0.3, 0.4) is 0 Å². The van der Waals surface area contributed by atoms with E-state index < -0.39 is 22.7 Å². The Hall–Kier alpha value is -1.59. The van der Waals surface area contributed by atoms with Gasteiger partial charge in [0.15, 0.2) is 0 Å². The number of alkyl halides is 3. The molecule has 1 aromatic rings. The van der Waals surface area contributed by atoms with Crippen molar-refractivity contribution < 1.29 is 18.1 Å². The fraction of sp³-hybridized carbons (Fsp3) is 0.400. The Morgan fingerprint density at radius 3 is 2.56 bits per heavy atom. The van der Waals surface area contributed by atoms with Crippen molar-refractivity contribution in [2.75, 3.05) is 0 Å². The molecule has 1 atom stereocenters. The number of rotatable bonds is 3. The molecule has 0 heterocycles. The highest BCUT2D eigenvalue weighted by Gasteiger charge is 2.30. The molecule has 0 radical (unpaired) electrons. The van der Waals surface area contributed by atoms with E-state index in [4.69, 9.17) is 0 Å². The van der Waals surface area contributed by atoms with Crippen molar-refractivity contribution in [1.82, 2.24) is 0 Å². The quantitative estimate of drug-likeness (QED) is 0.595. The first-order chi connectivity index (χ1) is 7.30. The molecule has 0 bridgehead atoms. The first kappa shape index (κ1) is 12.5. The molecule has 0 aliphatic heterocycles. The molecule has 0 saturated carbocycles. The van der Waals surface area contributed by atoms with Crippen LogP contribution in [-0.2, 0) is 12.6 Å². The molecule has 6 heteroatoms. The van der Waals surface area contributed by atoms with Gasteiger partial charge in [-0.05, 0) is 11.6 Å².